The van der Waals surface area contributed by atoms with Crippen molar-refractivity contribution in [2.24, 2.45) is 0 Å². The second-order valence-electron chi connectivity index (χ2n) is 4.56. The minimum Gasteiger partial charge on any atom is -0.317 e. The average Bonchev–Trinajstić information content (AvgIpc) is 2.47. The molecule has 1 aliphatic rings. The largest absolute Gasteiger partial charge is 0.317 e. The van der Waals surface area contributed by atoms with Crippen LogP contribution in [0.1, 0.15) is 24.8 Å². The van der Waals surface area contributed by atoms with Crippen molar-refractivity contribution in [3.63, 3.8) is 0 Å². The van der Waals surface area contributed by atoms with Gasteiger partial charge in [0.2, 0.25) is 0 Å². The molecule has 0 bridgehead atoms. The van der Waals surface area contributed by atoms with Crippen LogP contribution in [-0.2, 0) is 6.42 Å². The van der Waals surface area contributed by atoms with Gasteiger partial charge >= 0.3 is 0 Å². The Hall–Kier alpha value is -0.600. The lowest BCUT2D eigenvalue weighted by atomic mass is 9.89. The molecule has 16 heavy (non-hydrogen) atoms. The lowest BCUT2D eigenvalue weighted by Gasteiger charge is -2.23. The predicted octanol–water partition coefficient (Wildman–Crippen LogP) is 3.36. The summed E-state index contributed by atoms with van der Waals surface area (Å²) in [4.78, 5) is 0. The summed E-state index contributed by atoms with van der Waals surface area (Å²) in [5, 5.41) is 3.94. The van der Waals surface area contributed by atoms with E-state index in [4.69, 9.17) is 11.6 Å². The van der Waals surface area contributed by atoms with E-state index in [0.717, 1.165) is 25.1 Å². The summed E-state index contributed by atoms with van der Waals surface area (Å²) in [6.07, 6.45) is 2.69. The standard InChI is InChI=1S/C13H17ClFN/c14-12-4-2-11(3-5-12)10-13(15)6-1-8-16-9-7-13/h2-5,16H,1,6-10H2. The maximum atomic E-state index is 14.5. The van der Waals surface area contributed by atoms with Gasteiger partial charge in [-0.05, 0) is 50.0 Å². The molecule has 1 N–H and O–H groups in total. The molecule has 1 unspecified atom stereocenters. The Kier molecular flexibility index (Phi) is 3.82. The quantitative estimate of drug-likeness (QED) is 0.837. The highest BCUT2D eigenvalue weighted by Gasteiger charge is 2.30. The summed E-state index contributed by atoms with van der Waals surface area (Å²) in [7, 11) is 0. The average molecular weight is 242 g/mol. The molecule has 0 aliphatic carbocycles. The maximum Gasteiger partial charge on any atom is 0.116 e. The van der Waals surface area contributed by atoms with Crippen molar-refractivity contribution in [3.8, 4) is 0 Å². The summed E-state index contributed by atoms with van der Waals surface area (Å²) >= 11 is 5.81. The third-order valence-electron chi connectivity index (χ3n) is 3.16. The SMILES string of the molecule is FC1(Cc2ccc(Cl)cc2)CCCNCC1. The number of rotatable bonds is 2. The fourth-order valence-corrected chi connectivity index (χ4v) is 2.36. The van der Waals surface area contributed by atoms with Crippen molar-refractivity contribution in [1.29, 1.82) is 0 Å². The summed E-state index contributed by atoms with van der Waals surface area (Å²) in [5.74, 6) is 0. The van der Waals surface area contributed by atoms with Crippen LogP contribution in [0.4, 0.5) is 4.39 Å². The summed E-state index contributed by atoms with van der Waals surface area (Å²) in [6.45, 7) is 1.72. The van der Waals surface area contributed by atoms with Gasteiger partial charge in [-0.1, -0.05) is 23.7 Å². The molecular weight excluding hydrogens is 225 g/mol. The molecule has 0 amide bonds. The Bertz CT molecular complexity index is 328. The number of halogens is 2. The maximum absolute atomic E-state index is 14.5. The number of hydrogen-bond acceptors (Lipinski definition) is 1. The van der Waals surface area contributed by atoms with E-state index in [2.05, 4.69) is 5.32 Å². The molecule has 0 radical (unpaired) electrons. The van der Waals surface area contributed by atoms with Gasteiger partial charge in [0.1, 0.15) is 5.67 Å². The Labute approximate surface area is 101 Å². The summed E-state index contributed by atoms with van der Waals surface area (Å²) in [6, 6.07) is 7.49. The number of alkyl halides is 1. The molecule has 1 aliphatic heterocycles. The van der Waals surface area contributed by atoms with Crippen LogP contribution < -0.4 is 5.32 Å². The molecule has 88 valence electrons. The van der Waals surface area contributed by atoms with Gasteiger partial charge < -0.3 is 5.32 Å². The first-order valence-corrected chi connectivity index (χ1v) is 6.20. The second kappa shape index (κ2) is 5.15. The Balaban J connectivity index is 2.04. The van der Waals surface area contributed by atoms with Gasteiger partial charge in [0.05, 0.1) is 0 Å². The fourth-order valence-electron chi connectivity index (χ4n) is 2.24. The summed E-state index contributed by atoms with van der Waals surface area (Å²) in [5.41, 5.74) is -0.00839. The zero-order chi connectivity index (χ0) is 11.4. The third-order valence-corrected chi connectivity index (χ3v) is 3.41. The monoisotopic (exact) mass is 241 g/mol. The van der Waals surface area contributed by atoms with Crippen molar-refractivity contribution in [1.82, 2.24) is 5.32 Å². The van der Waals surface area contributed by atoms with E-state index < -0.39 is 5.67 Å². The molecule has 0 spiro atoms. The minimum absolute atomic E-state index is 0.506. The van der Waals surface area contributed by atoms with Crippen LogP contribution in [-0.4, -0.2) is 18.8 Å². The zero-order valence-electron chi connectivity index (χ0n) is 9.31. The van der Waals surface area contributed by atoms with E-state index in [9.17, 15) is 4.39 Å². The third kappa shape index (κ3) is 3.19. The van der Waals surface area contributed by atoms with Gasteiger partial charge in [-0.15, -0.1) is 0 Å². The molecule has 1 aromatic rings. The van der Waals surface area contributed by atoms with Crippen LogP contribution in [0.5, 0.6) is 0 Å². The predicted molar refractivity (Wildman–Crippen MR) is 65.7 cm³/mol. The second-order valence-corrected chi connectivity index (χ2v) is 4.99. The molecule has 0 saturated carbocycles. The lowest BCUT2D eigenvalue weighted by molar-refractivity contribution is 0.144. The molecule has 1 saturated heterocycles. The van der Waals surface area contributed by atoms with Crippen LogP contribution >= 0.6 is 11.6 Å². The van der Waals surface area contributed by atoms with Crippen LogP contribution in [0.15, 0.2) is 24.3 Å². The van der Waals surface area contributed by atoms with Crippen molar-refractivity contribution < 1.29 is 4.39 Å². The molecule has 1 heterocycles. The van der Waals surface area contributed by atoms with Crippen molar-refractivity contribution in [2.45, 2.75) is 31.4 Å². The number of nitrogens with one attached hydrogen (secondary N) is 1. The van der Waals surface area contributed by atoms with Gasteiger partial charge in [-0.2, -0.15) is 0 Å². The van der Waals surface area contributed by atoms with Gasteiger partial charge in [0.15, 0.2) is 0 Å². The topological polar surface area (TPSA) is 12.0 Å². The van der Waals surface area contributed by atoms with E-state index in [1.165, 1.54) is 0 Å². The lowest BCUT2D eigenvalue weighted by Crippen LogP contribution is -2.27. The molecule has 1 aromatic carbocycles. The van der Waals surface area contributed by atoms with Gasteiger partial charge in [-0.25, -0.2) is 4.39 Å². The molecular formula is C13H17ClFN. The zero-order valence-corrected chi connectivity index (χ0v) is 10.1. The number of hydrogen-bond donors (Lipinski definition) is 1. The van der Waals surface area contributed by atoms with Crippen molar-refractivity contribution >= 4 is 11.6 Å². The molecule has 3 heteroatoms. The molecule has 2 rings (SSSR count). The molecule has 1 fully saturated rings. The summed E-state index contributed by atoms with van der Waals surface area (Å²) < 4.78 is 14.5. The van der Waals surface area contributed by atoms with E-state index in [0.29, 0.717) is 24.3 Å². The minimum atomic E-state index is -1.04. The van der Waals surface area contributed by atoms with Gasteiger partial charge in [0, 0.05) is 11.4 Å². The van der Waals surface area contributed by atoms with Crippen LogP contribution in [0, 0.1) is 0 Å². The van der Waals surface area contributed by atoms with Crippen LogP contribution in [0.25, 0.3) is 0 Å². The highest BCUT2D eigenvalue weighted by atomic mass is 35.5. The van der Waals surface area contributed by atoms with Crippen molar-refractivity contribution in [3.05, 3.63) is 34.9 Å². The fraction of sp³-hybridized carbons (Fsp3) is 0.538. The Morgan fingerprint density at radius 3 is 2.69 bits per heavy atom. The van der Waals surface area contributed by atoms with E-state index in [1.807, 2.05) is 24.3 Å². The highest BCUT2D eigenvalue weighted by molar-refractivity contribution is 6.30. The number of benzene rings is 1. The first-order chi connectivity index (χ1) is 7.68. The molecule has 1 nitrogen and oxygen atoms in total. The first kappa shape index (κ1) is 11.9. The Morgan fingerprint density at radius 2 is 1.94 bits per heavy atom. The highest BCUT2D eigenvalue weighted by Crippen LogP contribution is 2.29. The van der Waals surface area contributed by atoms with Crippen LogP contribution in [0.2, 0.25) is 5.02 Å². The van der Waals surface area contributed by atoms with Gasteiger partial charge in [0.25, 0.3) is 0 Å². The molecule has 0 aromatic heterocycles. The van der Waals surface area contributed by atoms with E-state index in [-0.39, 0.29) is 0 Å². The Morgan fingerprint density at radius 1 is 1.19 bits per heavy atom. The smallest absolute Gasteiger partial charge is 0.116 e. The first-order valence-electron chi connectivity index (χ1n) is 5.82. The van der Waals surface area contributed by atoms with Crippen molar-refractivity contribution in [2.75, 3.05) is 13.1 Å². The van der Waals surface area contributed by atoms with E-state index >= 15 is 0 Å². The van der Waals surface area contributed by atoms with Gasteiger partial charge in [-0.3, -0.25) is 0 Å². The normalized spacial score (nSPS) is 26.4. The molecule has 1 atom stereocenters. The van der Waals surface area contributed by atoms with E-state index in [1.54, 1.807) is 0 Å². The van der Waals surface area contributed by atoms with Crippen LogP contribution in [0.3, 0.4) is 0 Å².